The molecule has 1 rings (SSSR count). The molecule has 0 radical (unpaired) electrons. The first-order chi connectivity index (χ1) is 7.50. The molecule has 0 saturated heterocycles. The lowest BCUT2D eigenvalue weighted by atomic mass is 10.2. The van der Waals surface area contributed by atoms with Gasteiger partial charge in [-0.2, -0.15) is 0 Å². The third-order valence-electron chi connectivity index (χ3n) is 2.44. The third kappa shape index (κ3) is 3.81. The molecular formula is C13H23N3. The third-order valence-corrected chi connectivity index (χ3v) is 2.44. The van der Waals surface area contributed by atoms with Crippen LogP contribution in [0.25, 0.3) is 6.08 Å². The second-order valence-electron chi connectivity index (χ2n) is 4.85. The van der Waals surface area contributed by atoms with Gasteiger partial charge in [0.25, 0.3) is 0 Å². The number of nitrogens with zero attached hydrogens (tertiary/aromatic N) is 2. The molecule has 0 aliphatic carbocycles. The topological polar surface area (TPSA) is 29.9 Å². The molecule has 1 aromatic rings. The van der Waals surface area contributed by atoms with Crippen LogP contribution in [-0.4, -0.2) is 22.1 Å². The van der Waals surface area contributed by atoms with Crippen LogP contribution in [-0.2, 0) is 0 Å². The van der Waals surface area contributed by atoms with Gasteiger partial charge in [0.05, 0.1) is 18.2 Å². The SMILES string of the molecule is CC(=Cc1cncn1C(C)C)CNC(C)C. The number of aromatic nitrogens is 2. The summed E-state index contributed by atoms with van der Waals surface area (Å²) in [4.78, 5) is 4.19. The number of hydrogen-bond donors (Lipinski definition) is 1. The van der Waals surface area contributed by atoms with Crippen LogP contribution in [0.15, 0.2) is 18.1 Å². The fraction of sp³-hybridized carbons (Fsp3) is 0.615. The van der Waals surface area contributed by atoms with Gasteiger partial charge in [0.2, 0.25) is 0 Å². The lowest BCUT2D eigenvalue weighted by Crippen LogP contribution is -2.24. The minimum atomic E-state index is 0.458. The molecule has 3 nitrogen and oxygen atoms in total. The zero-order valence-electron chi connectivity index (χ0n) is 11.0. The van der Waals surface area contributed by atoms with Crippen LogP contribution in [0.5, 0.6) is 0 Å². The Hall–Kier alpha value is -1.09. The quantitative estimate of drug-likeness (QED) is 0.828. The smallest absolute Gasteiger partial charge is 0.0953 e. The van der Waals surface area contributed by atoms with E-state index in [1.54, 1.807) is 0 Å². The van der Waals surface area contributed by atoms with Gasteiger partial charge in [0.1, 0.15) is 0 Å². The zero-order valence-corrected chi connectivity index (χ0v) is 11.0. The molecule has 3 heteroatoms. The van der Waals surface area contributed by atoms with Crippen LogP contribution < -0.4 is 5.32 Å². The molecule has 0 spiro atoms. The second kappa shape index (κ2) is 5.85. The van der Waals surface area contributed by atoms with Crippen molar-refractivity contribution in [3.63, 3.8) is 0 Å². The summed E-state index contributed by atoms with van der Waals surface area (Å²) in [5, 5.41) is 3.41. The van der Waals surface area contributed by atoms with E-state index in [1.807, 2.05) is 12.5 Å². The van der Waals surface area contributed by atoms with Gasteiger partial charge >= 0.3 is 0 Å². The van der Waals surface area contributed by atoms with Gasteiger partial charge in [0.15, 0.2) is 0 Å². The zero-order chi connectivity index (χ0) is 12.1. The van der Waals surface area contributed by atoms with E-state index in [0.29, 0.717) is 12.1 Å². The summed E-state index contributed by atoms with van der Waals surface area (Å²) < 4.78 is 2.18. The van der Waals surface area contributed by atoms with Gasteiger partial charge < -0.3 is 9.88 Å². The molecule has 0 aromatic carbocycles. The molecule has 1 N–H and O–H groups in total. The van der Waals surface area contributed by atoms with E-state index in [0.717, 1.165) is 6.54 Å². The number of rotatable bonds is 5. The maximum Gasteiger partial charge on any atom is 0.0953 e. The van der Waals surface area contributed by atoms with Gasteiger partial charge in [-0.05, 0) is 26.8 Å². The Morgan fingerprint density at radius 2 is 2.12 bits per heavy atom. The maximum atomic E-state index is 4.19. The summed E-state index contributed by atoms with van der Waals surface area (Å²) in [6.45, 7) is 11.7. The first-order valence-corrected chi connectivity index (χ1v) is 5.93. The largest absolute Gasteiger partial charge is 0.329 e. The molecule has 0 amide bonds. The first-order valence-electron chi connectivity index (χ1n) is 5.93. The highest BCUT2D eigenvalue weighted by molar-refractivity contribution is 5.48. The second-order valence-corrected chi connectivity index (χ2v) is 4.85. The van der Waals surface area contributed by atoms with Crippen LogP contribution in [0.4, 0.5) is 0 Å². The maximum absolute atomic E-state index is 4.19. The highest BCUT2D eigenvalue weighted by atomic mass is 15.1. The minimum Gasteiger partial charge on any atom is -0.329 e. The van der Waals surface area contributed by atoms with Crippen LogP contribution in [0.3, 0.4) is 0 Å². The normalized spacial score (nSPS) is 12.8. The Balaban J connectivity index is 2.70. The lowest BCUT2D eigenvalue weighted by molar-refractivity contribution is 0.594. The van der Waals surface area contributed by atoms with Gasteiger partial charge in [0, 0.05) is 18.6 Å². The molecule has 0 saturated carbocycles. The summed E-state index contributed by atoms with van der Waals surface area (Å²) >= 11 is 0. The van der Waals surface area contributed by atoms with Crippen LogP contribution >= 0.6 is 0 Å². The van der Waals surface area contributed by atoms with E-state index in [-0.39, 0.29) is 0 Å². The van der Waals surface area contributed by atoms with Gasteiger partial charge in [-0.15, -0.1) is 0 Å². The van der Waals surface area contributed by atoms with Crippen molar-refractivity contribution in [2.75, 3.05) is 6.54 Å². The molecule has 16 heavy (non-hydrogen) atoms. The monoisotopic (exact) mass is 221 g/mol. The van der Waals surface area contributed by atoms with Crippen LogP contribution in [0.2, 0.25) is 0 Å². The predicted octanol–water partition coefficient (Wildman–Crippen LogP) is 2.87. The van der Waals surface area contributed by atoms with Crippen molar-refractivity contribution in [3.05, 3.63) is 23.8 Å². The van der Waals surface area contributed by atoms with E-state index >= 15 is 0 Å². The van der Waals surface area contributed by atoms with Crippen LogP contribution in [0, 0.1) is 0 Å². The fourth-order valence-corrected chi connectivity index (χ4v) is 1.53. The van der Waals surface area contributed by atoms with Crippen molar-refractivity contribution in [3.8, 4) is 0 Å². The molecule has 0 fully saturated rings. The standard InChI is InChI=1S/C13H23N3/c1-10(2)15-7-12(5)6-13-8-14-9-16(13)11(3)4/h6,8-11,15H,7H2,1-5H3. The fourth-order valence-electron chi connectivity index (χ4n) is 1.53. The van der Waals surface area contributed by atoms with E-state index in [1.165, 1.54) is 11.3 Å². The molecule has 1 aromatic heterocycles. The van der Waals surface area contributed by atoms with E-state index in [4.69, 9.17) is 0 Å². The molecule has 90 valence electrons. The summed E-state index contributed by atoms with van der Waals surface area (Å²) in [5.41, 5.74) is 2.51. The predicted molar refractivity (Wildman–Crippen MR) is 69.4 cm³/mol. The average Bonchev–Trinajstić information content (AvgIpc) is 2.62. The molecule has 0 atom stereocenters. The van der Waals surface area contributed by atoms with E-state index in [2.05, 4.69) is 55.6 Å². The van der Waals surface area contributed by atoms with Gasteiger partial charge in [-0.25, -0.2) is 4.98 Å². The number of nitrogens with one attached hydrogen (secondary N) is 1. The minimum absolute atomic E-state index is 0.458. The van der Waals surface area contributed by atoms with E-state index < -0.39 is 0 Å². The van der Waals surface area contributed by atoms with E-state index in [9.17, 15) is 0 Å². The van der Waals surface area contributed by atoms with Crippen molar-refractivity contribution in [1.29, 1.82) is 0 Å². The lowest BCUT2D eigenvalue weighted by Gasteiger charge is -2.11. The number of hydrogen-bond acceptors (Lipinski definition) is 2. The molecule has 0 aliphatic rings. The summed E-state index contributed by atoms with van der Waals surface area (Å²) in [6.07, 6.45) is 6.00. The van der Waals surface area contributed by atoms with Crippen LogP contribution in [0.1, 0.15) is 46.4 Å². The summed E-state index contributed by atoms with van der Waals surface area (Å²) in [5.74, 6) is 0. The van der Waals surface area contributed by atoms with Crippen molar-refractivity contribution in [2.45, 2.75) is 46.7 Å². The average molecular weight is 221 g/mol. The van der Waals surface area contributed by atoms with Gasteiger partial charge in [-0.3, -0.25) is 0 Å². The van der Waals surface area contributed by atoms with Crippen molar-refractivity contribution < 1.29 is 0 Å². The number of imidazole rings is 1. The van der Waals surface area contributed by atoms with Crippen molar-refractivity contribution in [1.82, 2.24) is 14.9 Å². The molecule has 0 aliphatic heterocycles. The summed E-state index contributed by atoms with van der Waals surface area (Å²) in [6, 6.07) is 0.984. The Morgan fingerprint density at radius 3 is 2.69 bits per heavy atom. The molecule has 1 heterocycles. The molecule has 0 unspecified atom stereocenters. The Labute approximate surface area is 98.6 Å². The Morgan fingerprint density at radius 1 is 1.44 bits per heavy atom. The van der Waals surface area contributed by atoms with Crippen molar-refractivity contribution >= 4 is 6.08 Å². The van der Waals surface area contributed by atoms with Gasteiger partial charge in [-0.1, -0.05) is 19.4 Å². The highest BCUT2D eigenvalue weighted by Crippen LogP contribution is 2.12. The highest BCUT2D eigenvalue weighted by Gasteiger charge is 2.03. The molecule has 0 bridgehead atoms. The Bertz CT molecular complexity index is 348. The van der Waals surface area contributed by atoms with Crippen molar-refractivity contribution in [2.24, 2.45) is 0 Å². The first kappa shape index (κ1) is 13.0. The Kier molecular flexibility index (Phi) is 4.74. The molecular weight excluding hydrogens is 198 g/mol. The summed E-state index contributed by atoms with van der Waals surface area (Å²) in [7, 11) is 0.